The van der Waals surface area contributed by atoms with Crippen LogP contribution in [0.4, 0.5) is 0 Å². The van der Waals surface area contributed by atoms with Gasteiger partial charge in [0.2, 0.25) is 0 Å². The first-order valence-electron chi connectivity index (χ1n) is 4.26. The number of hydrogen-bond donors (Lipinski definition) is 0. The molecule has 1 aromatic heterocycles. The van der Waals surface area contributed by atoms with Gasteiger partial charge in [-0.25, -0.2) is 0 Å². The molecule has 1 heterocycles. The summed E-state index contributed by atoms with van der Waals surface area (Å²) < 4.78 is 6.74. The van der Waals surface area contributed by atoms with Crippen molar-refractivity contribution in [1.82, 2.24) is 9.78 Å². The Labute approximate surface area is 77.5 Å². The molecule has 0 bridgehead atoms. The van der Waals surface area contributed by atoms with Crippen molar-refractivity contribution >= 4 is 6.29 Å². The third kappa shape index (κ3) is 2.66. The highest BCUT2D eigenvalue weighted by Gasteiger charge is 2.05. The van der Waals surface area contributed by atoms with E-state index in [1.807, 2.05) is 6.92 Å². The first-order chi connectivity index (χ1) is 6.27. The van der Waals surface area contributed by atoms with E-state index in [9.17, 15) is 4.79 Å². The molecule has 1 atom stereocenters. The van der Waals surface area contributed by atoms with E-state index in [1.54, 1.807) is 24.2 Å². The van der Waals surface area contributed by atoms with Crippen molar-refractivity contribution in [3.8, 4) is 0 Å². The van der Waals surface area contributed by atoms with Gasteiger partial charge in [0.1, 0.15) is 0 Å². The summed E-state index contributed by atoms with van der Waals surface area (Å²) >= 11 is 0. The van der Waals surface area contributed by atoms with Crippen LogP contribution in [-0.4, -0.2) is 29.8 Å². The highest BCUT2D eigenvalue weighted by atomic mass is 16.5. The monoisotopic (exact) mass is 182 g/mol. The number of carbonyl (C=O) groups excluding carboxylic acids is 1. The molecule has 1 rings (SSSR count). The average molecular weight is 182 g/mol. The zero-order valence-electron chi connectivity index (χ0n) is 7.93. The van der Waals surface area contributed by atoms with Crippen LogP contribution in [0.15, 0.2) is 12.4 Å². The summed E-state index contributed by atoms with van der Waals surface area (Å²) in [7, 11) is 1.67. The van der Waals surface area contributed by atoms with Crippen LogP contribution in [0, 0.1) is 0 Å². The molecule has 4 heteroatoms. The van der Waals surface area contributed by atoms with Crippen LogP contribution in [0.2, 0.25) is 0 Å². The Morgan fingerprint density at radius 3 is 3.08 bits per heavy atom. The van der Waals surface area contributed by atoms with Crippen LogP contribution in [0.5, 0.6) is 0 Å². The summed E-state index contributed by atoms with van der Waals surface area (Å²) in [6.07, 6.45) is 5.01. The lowest BCUT2D eigenvalue weighted by atomic mass is 10.2. The van der Waals surface area contributed by atoms with Crippen molar-refractivity contribution in [2.24, 2.45) is 0 Å². The lowest BCUT2D eigenvalue weighted by molar-refractivity contribution is 0.112. The Bertz CT molecular complexity index is 270. The van der Waals surface area contributed by atoms with Gasteiger partial charge in [0.15, 0.2) is 6.29 Å². The predicted octanol–water partition coefficient (Wildman–Crippen LogP) is 1.29. The van der Waals surface area contributed by atoms with Crippen LogP contribution in [0.1, 0.15) is 29.7 Å². The lowest BCUT2D eigenvalue weighted by Gasteiger charge is -2.10. The molecule has 0 aromatic carbocycles. The molecule has 72 valence electrons. The molecule has 0 saturated carbocycles. The van der Waals surface area contributed by atoms with Gasteiger partial charge in [-0.3, -0.25) is 9.48 Å². The number of nitrogens with zero attached hydrogens (tertiary/aromatic N) is 2. The van der Waals surface area contributed by atoms with Gasteiger partial charge in [-0.05, 0) is 13.3 Å². The highest BCUT2D eigenvalue weighted by molar-refractivity contribution is 5.73. The SMILES string of the molecule is COCCC(C)n1cc(C=O)cn1. The maximum absolute atomic E-state index is 10.4. The van der Waals surface area contributed by atoms with Crippen molar-refractivity contribution in [1.29, 1.82) is 0 Å². The summed E-state index contributed by atoms with van der Waals surface area (Å²) in [5.74, 6) is 0. The Kier molecular flexibility index (Phi) is 3.64. The van der Waals surface area contributed by atoms with Gasteiger partial charge in [0.05, 0.1) is 17.8 Å². The summed E-state index contributed by atoms with van der Waals surface area (Å²) in [6, 6.07) is 0.272. The van der Waals surface area contributed by atoms with Gasteiger partial charge in [-0.1, -0.05) is 0 Å². The number of rotatable bonds is 5. The average Bonchev–Trinajstić information content (AvgIpc) is 2.62. The first-order valence-corrected chi connectivity index (χ1v) is 4.26. The topological polar surface area (TPSA) is 44.1 Å². The van der Waals surface area contributed by atoms with E-state index in [-0.39, 0.29) is 6.04 Å². The quantitative estimate of drug-likeness (QED) is 0.644. The second kappa shape index (κ2) is 4.77. The molecule has 0 radical (unpaired) electrons. The van der Waals surface area contributed by atoms with Gasteiger partial charge in [0.25, 0.3) is 0 Å². The fourth-order valence-electron chi connectivity index (χ4n) is 1.08. The van der Waals surface area contributed by atoms with E-state index in [1.165, 1.54) is 0 Å². The molecule has 0 fully saturated rings. The number of methoxy groups -OCH3 is 1. The van der Waals surface area contributed by atoms with Gasteiger partial charge in [0, 0.05) is 19.9 Å². The number of aldehydes is 1. The van der Waals surface area contributed by atoms with Gasteiger partial charge >= 0.3 is 0 Å². The first kappa shape index (κ1) is 9.92. The van der Waals surface area contributed by atoms with Crippen LogP contribution < -0.4 is 0 Å². The number of ether oxygens (including phenoxy) is 1. The Morgan fingerprint density at radius 1 is 1.77 bits per heavy atom. The third-order valence-corrected chi connectivity index (χ3v) is 1.95. The minimum Gasteiger partial charge on any atom is -0.385 e. The minimum absolute atomic E-state index is 0.272. The number of hydrogen-bond acceptors (Lipinski definition) is 3. The van der Waals surface area contributed by atoms with Crippen LogP contribution in [0.25, 0.3) is 0 Å². The summed E-state index contributed by atoms with van der Waals surface area (Å²) in [6.45, 7) is 2.75. The normalized spacial score (nSPS) is 12.8. The molecule has 0 spiro atoms. The molecule has 13 heavy (non-hydrogen) atoms. The van der Waals surface area contributed by atoms with Crippen molar-refractivity contribution in [3.05, 3.63) is 18.0 Å². The van der Waals surface area contributed by atoms with E-state index < -0.39 is 0 Å². The smallest absolute Gasteiger partial charge is 0.153 e. The summed E-state index contributed by atoms with van der Waals surface area (Å²) in [4.78, 5) is 10.4. The van der Waals surface area contributed by atoms with E-state index in [0.717, 1.165) is 12.7 Å². The molecule has 0 amide bonds. The summed E-state index contributed by atoms with van der Waals surface area (Å²) in [5, 5.41) is 4.07. The minimum atomic E-state index is 0.272. The molecule has 0 aliphatic heterocycles. The molecule has 0 N–H and O–H groups in total. The fraction of sp³-hybridized carbons (Fsp3) is 0.556. The van der Waals surface area contributed by atoms with E-state index in [2.05, 4.69) is 5.10 Å². The Hall–Kier alpha value is -1.16. The molecular formula is C9H14N2O2. The van der Waals surface area contributed by atoms with Crippen molar-refractivity contribution in [2.45, 2.75) is 19.4 Å². The molecule has 1 aromatic rings. The van der Waals surface area contributed by atoms with E-state index >= 15 is 0 Å². The second-order valence-electron chi connectivity index (χ2n) is 3.00. The van der Waals surface area contributed by atoms with Crippen molar-refractivity contribution in [3.63, 3.8) is 0 Å². The lowest BCUT2D eigenvalue weighted by Crippen LogP contribution is -2.08. The fourth-order valence-corrected chi connectivity index (χ4v) is 1.08. The molecule has 0 aliphatic carbocycles. The highest BCUT2D eigenvalue weighted by Crippen LogP contribution is 2.09. The van der Waals surface area contributed by atoms with Crippen LogP contribution in [0.3, 0.4) is 0 Å². The van der Waals surface area contributed by atoms with Gasteiger partial charge in [-0.15, -0.1) is 0 Å². The molecular weight excluding hydrogens is 168 g/mol. The molecule has 1 unspecified atom stereocenters. The summed E-state index contributed by atoms with van der Waals surface area (Å²) in [5.41, 5.74) is 0.615. The van der Waals surface area contributed by atoms with E-state index in [0.29, 0.717) is 12.2 Å². The molecule has 0 aliphatic rings. The number of carbonyl (C=O) groups is 1. The number of aromatic nitrogens is 2. The van der Waals surface area contributed by atoms with Crippen molar-refractivity contribution in [2.75, 3.05) is 13.7 Å². The standard InChI is InChI=1S/C9H14N2O2/c1-8(3-4-13-2)11-6-9(7-12)5-10-11/h5-8H,3-4H2,1-2H3. The van der Waals surface area contributed by atoms with Crippen molar-refractivity contribution < 1.29 is 9.53 Å². The zero-order chi connectivity index (χ0) is 9.68. The molecule has 4 nitrogen and oxygen atoms in total. The zero-order valence-corrected chi connectivity index (χ0v) is 7.93. The second-order valence-corrected chi connectivity index (χ2v) is 3.00. The Morgan fingerprint density at radius 2 is 2.54 bits per heavy atom. The molecule has 0 saturated heterocycles. The predicted molar refractivity (Wildman–Crippen MR) is 48.8 cm³/mol. The maximum Gasteiger partial charge on any atom is 0.153 e. The van der Waals surface area contributed by atoms with Gasteiger partial charge < -0.3 is 4.74 Å². The third-order valence-electron chi connectivity index (χ3n) is 1.95. The van der Waals surface area contributed by atoms with Gasteiger partial charge in [-0.2, -0.15) is 5.10 Å². The maximum atomic E-state index is 10.4. The van der Waals surface area contributed by atoms with Crippen LogP contribution in [-0.2, 0) is 4.74 Å². The Balaban J connectivity index is 2.54. The van der Waals surface area contributed by atoms with Crippen LogP contribution >= 0.6 is 0 Å². The van der Waals surface area contributed by atoms with E-state index in [4.69, 9.17) is 4.74 Å². The largest absolute Gasteiger partial charge is 0.385 e.